The van der Waals surface area contributed by atoms with Crippen molar-refractivity contribution in [1.82, 2.24) is 4.90 Å². The number of halogens is 1. The molecule has 0 atom stereocenters. The molecule has 0 saturated heterocycles. The highest BCUT2D eigenvalue weighted by molar-refractivity contribution is 7.98. The molecule has 4 heteroatoms. The molecule has 0 radical (unpaired) electrons. The summed E-state index contributed by atoms with van der Waals surface area (Å²) in [6.45, 7) is 0. The molecule has 0 bridgehead atoms. The van der Waals surface area contributed by atoms with E-state index in [1.165, 1.54) is 19.3 Å². The quantitative estimate of drug-likeness (QED) is 0.767. The Bertz CT molecular complexity index is 457. The molecule has 19 heavy (non-hydrogen) atoms. The summed E-state index contributed by atoms with van der Waals surface area (Å²) in [6.07, 6.45) is 7.97. The molecule has 2 rings (SSSR count). The Morgan fingerprint density at radius 3 is 2.63 bits per heavy atom. The Balaban J connectivity index is 2.18. The van der Waals surface area contributed by atoms with E-state index in [9.17, 15) is 4.79 Å². The van der Waals surface area contributed by atoms with Crippen LogP contribution in [0.15, 0.2) is 23.1 Å². The van der Waals surface area contributed by atoms with Crippen LogP contribution in [-0.2, 0) is 0 Å². The highest BCUT2D eigenvalue weighted by Gasteiger charge is 2.24. The first-order chi connectivity index (χ1) is 9.13. The summed E-state index contributed by atoms with van der Waals surface area (Å²) < 4.78 is 0. The molecule has 0 aliphatic heterocycles. The average molecular weight is 298 g/mol. The molecule has 0 unspecified atom stereocenters. The van der Waals surface area contributed by atoms with Crippen LogP contribution in [0.1, 0.15) is 42.5 Å². The van der Waals surface area contributed by atoms with Crippen LogP contribution < -0.4 is 0 Å². The number of carbonyl (C=O) groups is 1. The molecule has 1 aromatic carbocycles. The minimum Gasteiger partial charge on any atom is -0.339 e. The van der Waals surface area contributed by atoms with Gasteiger partial charge in [0, 0.05) is 18.0 Å². The van der Waals surface area contributed by atoms with E-state index in [0.717, 1.165) is 17.7 Å². The normalized spacial score (nSPS) is 16.4. The maximum Gasteiger partial charge on any atom is 0.255 e. The number of hydrogen-bond donors (Lipinski definition) is 0. The van der Waals surface area contributed by atoms with Crippen molar-refractivity contribution >= 4 is 29.3 Å². The van der Waals surface area contributed by atoms with Crippen molar-refractivity contribution in [2.45, 2.75) is 43.0 Å². The third-order valence-electron chi connectivity index (χ3n) is 3.85. The molecule has 1 aliphatic rings. The van der Waals surface area contributed by atoms with Gasteiger partial charge in [-0.3, -0.25) is 4.79 Å². The second-order valence-corrected chi connectivity index (χ2v) is 6.34. The van der Waals surface area contributed by atoms with E-state index in [1.54, 1.807) is 11.8 Å². The summed E-state index contributed by atoms with van der Waals surface area (Å²) in [6, 6.07) is 6.03. The lowest BCUT2D eigenvalue weighted by atomic mass is 9.94. The van der Waals surface area contributed by atoms with Crippen molar-refractivity contribution in [3.05, 3.63) is 28.8 Å². The van der Waals surface area contributed by atoms with Gasteiger partial charge in [0.25, 0.3) is 5.91 Å². The van der Waals surface area contributed by atoms with E-state index < -0.39 is 0 Å². The van der Waals surface area contributed by atoms with Crippen molar-refractivity contribution in [3.63, 3.8) is 0 Å². The van der Waals surface area contributed by atoms with Crippen molar-refractivity contribution in [2.24, 2.45) is 0 Å². The zero-order valence-corrected chi connectivity index (χ0v) is 13.1. The van der Waals surface area contributed by atoms with Gasteiger partial charge < -0.3 is 4.90 Å². The van der Waals surface area contributed by atoms with Crippen LogP contribution in [0.25, 0.3) is 0 Å². The number of rotatable bonds is 3. The first kappa shape index (κ1) is 14.7. The zero-order chi connectivity index (χ0) is 13.8. The molecule has 0 N–H and O–H groups in total. The van der Waals surface area contributed by atoms with Gasteiger partial charge in [0.15, 0.2) is 0 Å². The smallest absolute Gasteiger partial charge is 0.255 e. The Labute approximate surface area is 124 Å². The third-order valence-corrected chi connectivity index (χ3v) is 4.90. The number of carbonyl (C=O) groups excluding carboxylic acids is 1. The highest BCUT2D eigenvalue weighted by Crippen LogP contribution is 2.27. The predicted molar refractivity (Wildman–Crippen MR) is 82.2 cm³/mol. The SMILES string of the molecule is CSc1ccc(Cl)c(C(=O)N(C)C2CCCCC2)c1. The highest BCUT2D eigenvalue weighted by atomic mass is 35.5. The van der Waals surface area contributed by atoms with Crippen molar-refractivity contribution in [3.8, 4) is 0 Å². The van der Waals surface area contributed by atoms with Crippen LogP contribution in [0.5, 0.6) is 0 Å². The zero-order valence-electron chi connectivity index (χ0n) is 11.5. The number of thioether (sulfide) groups is 1. The maximum atomic E-state index is 12.6. The van der Waals surface area contributed by atoms with E-state index in [1.807, 2.05) is 36.4 Å². The van der Waals surface area contributed by atoms with Gasteiger partial charge in [0.2, 0.25) is 0 Å². The fourth-order valence-corrected chi connectivity index (χ4v) is 3.26. The second-order valence-electron chi connectivity index (χ2n) is 5.05. The van der Waals surface area contributed by atoms with Gasteiger partial charge in [-0.1, -0.05) is 30.9 Å². The van der Waals surface area contributed by atoms with E-state index in [4.69, 9.17) is 11.6 Å². The monoisotopic (exact) mass is 297 g/mol. The summed E-state index contributed by atoms with van der Waals surface area (Å²) >= 11 is 7.80. The summed E-state index contributed by atoms with van der Waals surface area (Å²) in [4.78, 5) is 15.5. The molecular formula is C15H20ClNOS. The molecule has 2 nitrogen and oxygen atoms in total. The van der Waals surface area contributed by atoms with Gasteiger partial charge in [-0.05, 0) is 37.3 Å². The van der Waals surface area contributed by atoms with Gasteiger partial charge in [-0.15, -0.1) is 11.8 Å². The molecule has 104 valence electrons. The molecule has 1 saturated carbocycles. The molecule has 0 heterocycles. The van der Waals surface area contributed by atoms with Gasteiger partial charge >= 0.3 is 0 Å². The molecule has 1 aromatic rings. The maximum absolute atomic E-state index is 12.6. The van der Waals surface area contributed by atoms with Crippen LogP contribution in [0, 0.1) is 0 Å². The molecular weight excluding hydrogens is 278 g/mol. The second kappa shape index (κ2) is 6.67. The van der Waals surface area contributed by atoms with Crippen LogP contribution in [0.4, 0.5) is 0 Å². The summed E-state index contributed by atoms with van der Waals surface area (Å²) in [5.41, 5.74) is 0.626. The average Bonchev–Trinajstić information content (AvgIpc) is 2.47. The third kappa shape index (κ3) is 3.46. The van der Waals surface area contributed by atoms with Crippen molar-refractivity contribution in [1.29, 1.82) is 0 Å². The number of amides is 1. The lowest BCUT2D eigenvalue weighted by Crippen LogP contribution is -2.38. The first-order valence-corrected chi connectivity index (χ1v) is 8.34. The van der Waals surface area contributed by atoms with Crippen LogP contribution >= 0.6 is 23.4 Å². The van der Waals surface area contributed by atoms with Gasteiger partial charge in [0.1, 0.15) is 0 Å². The molecule has 0 aromatic heterocycles. The summed E-state index contributed by atoms with van der Waals surface area (Å²) in [5.74, 6) is 0.0489. The first-order valence-electron chi connectivity index (χ1n) is 6.74. The largest absolute Gasteiger partial charge is 0.339 e. The Kier molecular flexibility index (Phi) is 5.17. The summed E-state index contributed by atoms with van der Waals surface area (Å²) in [5, 5.41) is 0.547. The Morgan fingerprint density at radius 2 is 2.00 bits per heavy atom. The molecule has 1 aliphatic carbocycles. The van der Waals surface area contributed by atoms with Crippen molar-refractivity contribution < 1.29 is 4.79 Å². The predicted octanol–water partition coefficient (Wildman–Crippen LogP) is 4.47. The van der Waals surface area contributed by atoms with Crippen molar-refractivity contribution in [2.75, 3.05) is 13.3 Å². The lowest BCUT2D eigenvalue weighted by Gasteiger charge is -2.31. The van der Waals surface area contributed by atoms with E-state index >= 15 is 0 Å². The minimum atomic E-state index is 0.0489. The molecule has 1 fully saturated rings. The van der Waals surface area contributed by atoms with E-state index in [2.05, 4.69) is 0 Å². The van der Waals surface area contributed by atoms with Gasteiger partial charge in [0.05, 0.1) is 10.6 Å². The molecule has 1 amide bonds. The Morgan fingerprint density at radius 1 is 1.32 bits per heavy atom. The standard InChI is InChI=1S/C15H20ClNOS/c1-17(11-6-4-3-5-7-11)15(18)13-10-12(19-2)8-9-14(13)16/h8-11H,3-7H2,1-2H3. The van der Waals surface area contributed by atoms with E-state index in [0.29, 0.717) is 16.6 Å². The number of benzene rings is 1. The number of hydrogen-bond acceptors (Lipinski definition) is 2. The van der Waals surface area contributed by atoms with Crippen LogP contribution in [-0.4, -0.2) is 30.2 Å². The van der Waals surface area contributed by atoms with E-state index in [-0.39, 0.29) is 5.91 Å². The molecule has 0 spiro atoms. The fourth-order valence-electron chi connectivity index (χ4n) is 2.62. The number of nitrogens with zero attached hydrogens (tertiary/aromatic N) is 1. The van der Waals surface area contributed by atoms with Crippen LogP contribution in [0.2, 0.25) is 5.02 Å². The van der Waals surface area contributed by atoms with Gasteiger partial charge in [-0.25, -0.2) is 0 Å². The topological polar surface area (TPSA) is 20.3 Å². The Hall–Kier alpha value is -0.670. The summed E-state index contributed by atoms with van der Waals surface area (Å²) in [7, 11) is 1.90. The lowest BCUT2D eigenvalue weighted by molar-refractivity contribution is 0.0696. The van der Waals surface area contributed by atoms with Gasteiger partial charge in [-0.2, -0.15) is 0 Å². The van der Waals surface area contributed by atoms with Crippen LogP contribution in [0.3, 0.4) is 0 Å². The minimum absolute atomic E-state index is 0.0489. The fraction of sp³-hybridized carbons (Fsp3) is 0.533.